The summed E-state index contributed by atoms with van der Waals surface area (Å²) < 4.78 is 32.9. The average Bonchev–Trinajstić information content (AvgIpc) is 3.34. The highest BCUT2D eigenvalue weighted by molar-refractivity contribution is 7.77. The van der Waals surface area contributed by atoms with E-state index in [0.29, 0.717) is 16.5 Å². The monoisotopic (exact) mass is 564 g/mol. The zero-order valence-electron chi connectivity index (χ0n) is 21.5. The lowest BCUT2D eigenvalue weighted by Crippen LogP contribution is -2.47. The Bertz CT molecular complexity index is 1190. The van der Waals surface area contributed by atoms with Gasteiger partial charge in [-0.2, -0.15) is 0 Å². The minimum absolute atomic E-state index is 0.0512. The molecule has 0 spiro atoms. The Morgan fingerprint density at radius 3 is 2.68 bits per heavy atom. The van der Waals surface area contributed by atoms with Crippen molar-refractivity contribution in [2.45, 2.75) is 39.0 Å². The summed E-state index contributed by atoms with van der Waals surface area (Å²) in [5, 5.41) is 7.41. The van der Waals surface area contributed by atoms with Crippen molar-refractivity contribution in [2.75, 3.05) is 37.0 Å². The highest BCUT2D eigenvalue weighted by atomic mass is 32.2. The number of ether oxygens (including phenoxy) is 2. The molecule has 0 aromatic carbocycles. The number of nitrogens with one attached hydrogen (secondary N) is 3. The summed E-state index contributed by atoms with van der Waals surface area (Å²) in [4.78, 5) is 37.0. The molecule has 14 heteroatoms. The molecule has 3 rings (SSSR count). The molecule has 206 valence electrons. The summed E-state index contributed by atoms with van der Waals surface area (Å²) in [5.41, 5.74) is 1.33. The van der Waals surface area contributed by atoms with E-state index in [1.54, 1.807) is 18.4 Å². The van der Waals surface area contributed by atoms with E-state index in [2.05, 4.69) is 25.2 Å². The molecule has 1 aliphatic rings. The van der Waals surface area contributed by atoms with E-state index in [-0.39, 0.29) is 24.4 Å². The second-order valence-electron chi connectivity index (χ2n) is 8.52. The Balaban J connectivity index is 1.70. The number of aromatic nitrogens is 2. The van der Waals surface area contributed by atoms with Crippen LogP contribution in [0, 0.1) is 0 Å². The third-order valence-corrected chi connectivity index (χ3v) is 6.43. The second kappa shape index (κ2) is 14.1. The molecule has 1 aliphatic heterocycles. The second-order valence-corrected chi connectivity index (χ2v) is 10.1. The largest absolute Gasteiger partial charge is 0.382 e. The van der Waals surface area contributed by atoms with Crippen LogP contribution >= 0.6 is 11.3 Å². The van der Waals surface area contributed by atoms with Crippen molar-refractivity contribution in [3.63, 3.8) is 0 Å². The normalized spacial score (nSPS) is 19.7. The maximum atomic E-state index is 12.9. The molecule has 2 aromatic heterocycles. The van der Waals surface area contributed by atoms with Gasteiger partial charge in [0, 0.05) is 31.8 Å². The number of nitrogens with zero attached hydrogens (tertiary/aromatic N) is 3. The third-order valence-electron chi connectivity index (χ3n) is 5.35. The topological polar surface area (TPSA) is 155 Å². The minimum atomic E-state index is -2.34. The number of allylic oxidation sites excluding steroid dienone is 1. The van der Waals surface area contributed by atoms with Gasteiger partial charge in [-0.1, -0.05) is 18.2 Å². The molecule has 0 bridgehead atoms. The number of anilines is 2. The SMILES string of the molecule is C/C=C\C(=C/NS(=O)O)C(=O)N[C@@H](COC)C(=O)Nc1nc(-c2cccc(N3C[C@@H](C)O[C@@H](C)C3)n2)cs1. The van der Waals surface area contributed by atoms with Crippen LogP contribution in [0.5, 0.6) is 0 Å². The summed E-state index contributed by atoms with van der Waals surface area (Å²) >= 11 is -1.11. The number of hydrogen-bond acceptors (Lipinski definition) is 9. The first-order chi connectivity index (χ1) is 18.2. The van der Waals surface area contributed by atoms with Crippen molar-refractivity contribution in [1.29, 1.82) is 0 Å². The molecule has 0 aliphatic carbocycles. The number of morpholine rings is 1. The van der Waals surface area contributed by atoms with Crippen LogP contribution in [0.15, 0.2) is 47.5 Å². The highest BCUT2D eigenvalue weighted by Crippen LogP contribution is 2.26. The van der Waals surface area contributed by atoms with Gasteiger partial charge in [0.2, 0.25) is 0 Å². The first kappa shape index (κ1) is 29.4. The predicted octanol–water partition coefficient (Wildman–Crippen LogP) is 2.07. The molecule has 1 fully saturated rings. The lowest BCUT2D eigenvalue weighted by Gasteiger charge is -2.36. The number of carbonyl (C=O) groups excluding carboxylic acids is 2. The van der Waals surface area contributed by atoms with Crippen LogP contribution < -0.4 is 20.3 Å². The van der Waals surface area contributed by atoms with Gasteiger partial charge in [-0.25, -0.2) is 14.2 Å². The maximum Gasteiger partial charge on any atom is 0.258 e. The van der Waals surface area contributed by atoms with Gasteiger partial charge in [-0.3, -0.25) is 18.9 Å². The van der Waals surface area contributed by atoms with E-state index in [1.807, 2.05) is 32.0 Å². The van der Waals surface area contributed by atoms with Crippen molar-refractivity contribution >= 4 is 45.4 Å². The summed E-state index contributed by atoms with van der Waals surface area (Å²) in [6, 6.07) is 4.68. The first-order valence-electron chi connectivity index (χ1n) is 11.8. The molecule has 4 atom stereocenters. The van der Waals surface area contributed by atoms with Gasteiger partial charge < -0.3 is 25.0 Å². The predicted molar refractivity (Wildman–Crippen MR) is 147 cm³/mol. The Morgan fingerprint density at radius 1 is 1.29 bits per heavy atom. The third kappa shape index (κ3) is 8.43. The van der Waals surface area contributed by atoms with Gasteiger partial charge in [0.15, 0.2) is 5.13 Å². The number of pyridine rings is 1. The van der Waals surface area contributed by atoms with E-state index in [1.165, 1.54) is 24.5 Å². The molecule has 2 amide bonds. The number of methoxy groups -OCH3 is 1. The Hall–Kier alpha value is -3.17. The van der Waals surface area contributed by atoms with Gasteiger partial charge in [0.1, 0.15) is 17.6 Å². The summed E-state index contributed by atoms with van der Waals surface area (Å²) in [7, 11) is 1.40. The van der Waals surface area contributed by atoms with Crippen LogP contribution in [-0.2, 0) is 30.3 Å². The Labute approximate surface area is 227 Å². The lowest BCUT2D eigenvalue weighted by molar-refractivity contribution is -0.125. The Morgan fingerprint density at radius 2 is 2.03 bits per heavy atom. The highest BCUT2D eigenvalue weighted by Gasteiger charge is 2.25. The molecular weight excluding hydrogens is 532 g/mol. The van der Waals surface area contributed by atoms with Gasteiger partial charge in [0.25, 0.3) is 23.1 Å². The van der Waals surface area contributed by atoms with Crippen LogP contribution in [0.4, 0.5) is 10.9 Å². The van der Waals surface area contributed by atoms with Gasteiger partial charge >= 0.3 is 0 Å². The number of rotatable bonds is 11. The fraction of sp³-hybridized carbons (Fsp3) is 0.417. The first-order valence-corrected chi connectivity index (χ1v) is 13.8. The summed E-state index contributed by atoms with van der Waals surface area (Å²) in [6.45, 7) is 7.14. The minimum Gasteiger partial charge on any atom is -0.382 e. The van der Waals surface area contributed by atoms with Crippen molar-refractivity contribution in [3.05, 3.63) is 47.5 Å². The molecule has 1 unspecified atom stereocenters. The number of thiazole rings is 1. The van der Waals surface area contributed by atoms with Crippen LogP contribution in [0.3, 0.4) is 0 Å². The quantitative estimate of drug-likeness (QED) is 0.182. The van der Waals surface area contributed by atoms with Crippen LogP contribution in [0.1, 0.15) is 20.8 Å². The number of amides is 2. The van der Waals surface area contributed by atoms with Gasteiger partial charge in [-0.15, -0.1) is 11.3 Å². The standard InChI is InChI=1S/C24H32N6O6S2/c1-5-7-17(10-25-38(33)34)22(31)27-19(13-35-4)23(32)29-24-28-20(14-37-24)18-8-6-9-21(26-18)30-11-15(2)36-16(3)12-30/h5-10,14-16,19,25H,11-13H2,1-4H3,(H,27,31)(H,33,34)(H,28,29,32)/b7-5-,17-10+/t15-,16+,19-/m0/s1. The van der Waals surface area contributed by atoms with Gasteiger partial charge in [0.05, 0.1) is 30.1 Å². The zero-order valence-corrected chi connectivity index (χ0v) is 23.2. The molecule has 0 radical (unpaired) electrons. The number of hydrogen-bond donors (Lipinski definition) is 4. The molecule has 38 heavy (non-hydrogen) atoms. The van der Waals surface area contributed by atoms with E-state index >= 15 is 0 Å². The van der Waals surface area contributed by atoms with E-state index < -0.39 is 29.1 Å². The zero-order chi connectivity index (χ0) is 27.7. The molecule has 0 saturated carbocycles. The summed E-state index contributed by atoms with van der Waals surface area (Å²) in [6.07, 6.45) is 4.30. The molecular formula is C24H32N6O6S2. The fourth-order valence-corrected chi connectivity index (χ4v) is 4.76. The van der Waals surface area contributed by atoms with Crippen LogP contribution in [0.25, 0.3) is 11.4 Å². The van der Waals surface area contributed by atoms with Crippen LogP contribution in [-0.4, -0.2) is 75.6 Å². The van der Waals surface area contributed by atoms with E-state index in [9.17, 15) is 13.8 Å². The molecule has 12 nitrogen and oxygen atoms in total. The van der Waals surface area contributed by atoms with Crippen molar-refractivity contribution in [1.82, 2.24) is 20.0 Å². The molecule has 4 N–H and O–H groups in total. The van der Waals surface area contributed by atoms with E-state index in [0.717, 1.165) is 25.1 Å². The lowest BCUT2D eigenvalue weighted by atomic mass is 10.2. The summed E-state index contributed by atoms with van der Waals surface area (Å²) in [5.74, 6) is -0.334. The average molecular weight is 565 g/mol. The van der Waals surface area contributed by atoms with E-state index in [4.69, 9.17) is 19.0 Å². The molecule has 1 saturated heterocycles. The van der Waals surface area contributed by atoms with Crippen molar-refractivity contribution < 1.29 is 27.8 Å². The van der Waals surface area contributed by atoms with Crippen molar-refractivity contribution in [3.8, 4) is 11.4 Å². The van der Waals surface area contributed by atoms with Crippen molar-refractivity contribution in [2.24, 2.45) is 0 Å². The molecule has 3 heterocycles. The van der Waals surface area contributed by atoms with Crippen LogP contribution in [0.2, 0.25) is 0 Å². The fourth-order valence-electron chi connectivity index (χ4n) is 3.82. The smallest absolute Gasteiger partial charge is 0.258 e. The Kier molecular flexibility index (Phi) is 10.9. The molecule has 2 aromatic rings. The number of carbonyl (C=O) groups is 2. The van der Waals surface area contributed by atoms with Gasteiger partial charge in [-0.05, 0) is 32.9 Å². The maximum absolute atomic E-state index is 12.9.